The smallest absolute Gasteiger partial charge is 0.0109 e. The highest BCUT2D eigenvalue weighted by atomic mass is 15.2. The Morgan fingerprint density at radius 3 is 2.54 bits per heavy atom. The average Bonchev–Trinajstić information content (AvgIpc) is 2.87. The normalized spacial score (nSPS) is 17.3. The van der Waals surface area contributed by atoms with E-state index in [1.807, 2.05) is 0 Å². The van der Waals surface area contributed by atoms with Crippen molar-refractivity contribution in [2.45, 2.75) is 39.7 Å². The number of nitrogens with one attached hydrogen (secondary N) is 1. The highest BCUT2D eigenvalue weighted by Crippen LogP contribution is 2.27. The zero-order valence-electron chi connectivity index (χ0n) is 9.34. The van der Waals surface area contributed by atoms with Gasteiger partial charge in [-0.2, -0.15) is 0 Å². The van der Waals surface area contributed by atoms with Crippen LogP contribution in [0.15, 0.2) is 0 Å². The lowest BCUT2D eigenvalue weighted by atomic mass is 10.3. The molecule has 0 amide bonds. The molecule has 0 aromatic rings. The van der Waals surface area contributed by atoms with Crippen LogP contribution in [0.25, 0.3) is 0 Å². The Kier molecular flexibility index (Phi) is 4.74. The second-order valence-electron chi connectivity index (χ2n) is 4.37. The molecule has 1 rings (SSSR count). The number of hydrogen-bond acceptors (Lipinski definition) is 2. The van der Waals surface area contributed by atoms with E-state index in [1.165, 1.54) is 32.5 Å². The summed E-state index contributed by atoms with van der Waals surface area (Å²) in [6.07, 6.45) is 2.91. The van der Waals surface area contributed by atoms with Gasteiger partial charge in [-0.1, -0.05) is 6.92 Å². The van der Waals surface area contributed by atoms with Gasteiger partial charge in [0, 0.05) is 19.1 Å². The number of hydrogen-bond donors (Lipinski definition) is 1. The first-order valence-corrected chi connectivity index (χ1v) is 5.68. The maximum Gasteiger partial charge on any atom is 0.0109 e. The lowest BCUT2D eigenvalue weighted by Gasteiger charge is -2.24. The van der Waals surface area contributed by atoms with Crippen molar-refractivity contribution in [3.63, 3.8) is 0 Å². The molecular weight excluding hydrogens is 160 g/mol. The minimum atomic E-state index is 0.688. The summed E-state index contributed by atoms with van der Waals surface area (Å²) in [6, 6.07) is 0.688. The van der Waals surface area contributed by atoms with E-state index in [0.717, 1.165) is 12.5 Å². The molecule has 0 saturated heterocycles. The van der Waals surface area contributed by atoms with Crippen LogP contribution in [-0.2, 0) is 0 Å². The number of rotatable bonds is 7. The Balaban J connectivity index is 1.94. The van der Waals surface area contributed by atoms with Crippen molar-refractivity contribution in [1.82, 2.24) is 10.2 Å². The maximum atomic E-state index is 3.53. The molecule has 2 nitrogen and oxygen atoms in total. The van der Waals surface area contributed by atoms with Gasteiger partial charge in [0.2, 0.25) is 0 Å². The van der Waals surface area contributed by atoms with E-state index in [-0.39, 0.29) is 0 Å². The molecule has 0 heterocycles. The third kappa shape index (κ3) is 4.63. The average molecular weight is 184 g/mol. The predicted octanol–water partition coefficient (Wildman–Crippen LogP) is 1.72. The van der Waals surface area contributed by atoms with Crippen molar-refractivity contribution < 1.29 is 0 Å². The van der Waals surface area contributed by atoms with E-state index in [4.69, 9.17) is 0 Å². The molecule has 1 saturated carbocycles. The first-order chi connectivity index (χ1) is 6.24. The zero-order chi connectivity index (χ0) is 9.68. The lowest BCUT2D eigenvalue weighted by molar-refractivity contribution is 0.233. The van der Waals surface area contributed by atoms with Crippen LogP contribution >= 0.6 is 0 Å². The summed E-state index contributed by atoms with van der Waals surface area (Å²) >= 11 is 0. The van der Waals surface area contributed by atoms with Crippen LogP contribution in [0.3, 0.4) is 0 Å². The van der Waals surface area contributed by atoms with Gasteiger partial charge < -0.3 is 5.32 Å². The van der Waals surface area contributed by atoms with Crippen molar-refractivity contribution >= 4 is 0 Å². The Morgan fingerprint density at radius 2 is 2.08 bits per heavy atom. The molecule has 1 aliphatic rings. The summed E-state index contributed by atoms with van der Waals surface area (Å²) < 4.78 is 0. The molecule has 1 N–H and O–H groups in total. The van der Waals surface area contributed by atoms with Crippen molar-refractivity contribution in [2.75, 3.05) is 26.2 Å². The minimum absolute atomic E-state index is 0.688. The molecule has 0 aromatic heterocycles. The van der Waals surface area contributed by atoms with Crippen molar-refractivity contribution in [1.29, 1.82) is 0 Å². The van der Waals surface area contributed by atoms with Crippen LogP contribution in [0.5, 0.6) is 0 Å². The lowest BCUT2D eigenvalue weighted by Crippen LogP contribution is -2.37. The molecule has 0 aliphatic heterocycles. The summed E-state index contributed by atoms with van der Waals surface area (Å²) in [6.45, 7) is 11.5. The van der Waals surface area contributed by atoms with Crippen LogP contribution in [0, 0.1) is 5.92 Å². The quantitative estimate of drug-likeness (QED) is 0.606. The first-order valence-electron chi connectivity index (χ1n) is 5.68. The highest BCUT2D eigenvalue weighted by Gasteiger charge is 2.20. The van der Waals surface area contributed by atoms with Crippen LogP contribution in [0.1, 0.15) is 33.6 Å². The molecule has 0 unspecified atom stereocenters. The topological polar surface area (TPSA) is 15.3 Å². The Morgan fingerprint density at radius 1 is 1.38 bits per heavy atom. The largest absolute Gasteiger partial charge is 0.315 e. The van der Waals surface area contributed by atoms with Crippen LogP contribution in [0.4, 0.5) is 0 Å². The van der Waals surface area contributed by atoms with E-state index >= 15 is 0 Å². The minimum Gasteiger partial charge on any atom is -0.315 e. The van der Waals surface area contributed by atoms with Crippen molar-refractivity contribution in [2.24, 2.45) is 5.92 Å². The number of likely N-dealkylation sites (N-methyl/N-ethyl adjacent to an activating group) is 1. The maximum absolute atomic E-state index is 3.53. The molecule has 0 bridgehead atoms. The van der Waals surface area contributed by atoms with Gasteiger partial charge in [0.05, 0.1) is 0 Å². The Labute approximate surface area is 82.7 Å². The molecule has 0 aromatic carbocycles. The number of nitrogens with zero attached hydrogens (tertiary/aromatic N) is 1. The SMILES string of the molecule is CCN(CCNCC1CC1)C(C)C. The zero-order valence-corrected chi connectivity index (χ0v) is 9.34. The van der Waals surface area contributed by atoms with Crippen LogP contribution in [0.2, 0.25) is 0 Å². The van der Waals surface area contributed by atoms with Crippen molar-refractivity contribution in [3.05, 3.63) is 0 Å². The summed E-state index contributed by atoms with van der Waals surface area (Å²) in [5.74, 6) is 1.01. The summed E-state index contributed by atoms with van der Waals surface area (Å²) in [7, 11) is 0. The van der Waals surface area contributed by atoms with E-state index in [2.05, 4.69) is 31.0 Å². The molecule has 1 fully saturated rings. The highest BCUT2D eigenvalue weighted by molar-refractivity contribution is 4.75. The molecule has 78 valence electrons. The molecular formula is C11H24N2. The summed E-state index contributed by atoms with van der Waals surface area (Å²) in [4.78, 5) is 2.50. The van der Waals surface area contributed by atoms with Gasteiger partial charge in [-0.05, 0) is 45.7 Å². The third-order valence-electron chi connectivity index (χ3n) is 2.84. The molecule has 0 atom stereocenters. The standard InChI is InChI=1S/C11H24N2/c1-4-13(10(2)3)8-7-12-9-11-5-6-11/h10-12H,4-9H2,1-3H3. The molecule has 1 aliphatic carbocycles. The molecule has 0 spiro atoms. The summed E-state index contributed by atoms with van der Waals surface area (Å²) in [5, 5.41) is 3.53. The van der Waals surface area contributed by atoms with Gasteiger partial charge in [0.25, 0.3) is 0 Å². The van der Waals surface area contributed by atoms with E-state index < -0.39 is 0 Å². The Hall–Kier alpha value is -0.0800. The van der Waals surface area contributed by atoms with E-state index in [1.54, 1.807) is 0 Å². The fourth-order valence-corrected chi connectivity index (χ4v) is 1.63. The summed E-state index contributed by atoms with van der Waals surface area (Å²) in [5.41, 5.74) is 0. The van der Waals surface area contributed by atoms with Gasteiger partial charge >= 0.3 is 0 Å². The van der Waals surface area contributed by atoms with E-state index in [0.29, 0.717) is 6.04 Å². The van der Waals surface area contributed by atoms with Crippen LogP contribution < -0.4 is 5.32 Å². The fraction of sp³-hybridized carbons (Fsp3) is 1.00. The molecule has 2 heteroatoms. The van der Waals surface area contributed by atoms with Gasteiger partial charge in [-0.15, -0.1) is 0 Å². The third-order valence-corrected chi connectivity index (χ3v) is 2.84. The van der Waals surface area contributed by atoms with Crippen LogP contribution in [-0.4, -0.2) is 37.1 Å². The molecule has 13 heavy (non-hydrogen) atoms. The Bertz CT molecular complexity index is 130. The van der Waals surface area contributed by atoms with Gasteiger partial charge in [0.1, 0.15) is 0 Å². The predicted molar refractivity (Wildman–Crippen MR) is 58.0 cm³/mol. The van der Waals surface area contributed by atoms with Crippen molar-refractivity contribution in [3.8, 4) is 0 Å². The fourth-order valence-electron chi connectivity index (χ4n) is 1.63. The second kappa shape index (κ2) is 5.61. The van der Waals surface area contributed by atoms with Gasteiger partial charge in [-0.3, -0.25) is 4.90 Å². The first kappa shape index (κ1) is 11.0. The monoisotopic (exact) mass is 184 g/mol. The van der Waals surface area contributed by atoms with E-state index in [9.17, 15) is 0 Å². The van der Waals surface area contributed by atoms with Gasteiger partial charge in [0.15, 0.2) is 0 Å². The second-order valence-corrected chi connectivity index (χ2v) is 4.37. The molecule has 0 radical (unpaired) electrons. The van der Waals surface area contributed by atoms with Gasteiger partial charge in [-0.25, -0.2) is 0 Å².